The van der Waals surface area contributed by atoms with E-state index in [2.05, 4.69) is 16.7 Å². The zero-order chi connectivity index (χ0) is 12.3. The van der Waals surface area contributed by atoms with Crippen LogP contribution in [0, 0.1) is 0 Å². The summed E-state index contributed by atoms with van der Waals surface area (Å²) >= 11 is 1.91. The van der Waals surface area contributed by atoms with Crippen LogP contribution in [-0.4, -0.2) is 33.8 Å². The summed E-state index contributed by atoms with van der Waals surface area (Å²) in [6, 6.07) is 1.97. The monoisotopic (exact) mass is 256 g/mol. The van der Waals surface area contributed by atoms with Gasteiger partial charge in [-0.1, -0.05) is 5.16 Å². The van der Waals surface area contributed by atoms with Crippen molar-refractivity contribution < 1.29 is 14.4 Å². The summed E-state index contributed by atoms with van der Waals surface area (Å²) in [6.07, 6.45) is 5.73. The van der Waals surface area contributed by atoms with Gasteiger partial charge < -0.3 is 14.9 Å². The van der Waals surface area contributed by atoms with Gasteiger partial charge in [0, 0.05) is 17.4 Å². The number of thioether (sulfide) groups is 1. The summed E-state index contributed by atoms with van der Waals surface area (Å²) in [5.41, 5.74) is -0.0322. The van der Waals surface area contributed by atoms with Gasteiger partial charge in [-0.05, 0) is 25.5 Å². The molecule has 2 rings (SSSR count). The Morgan fingerprint density at radius 2 is 2.53 bits per heavy atom. The fourth-order valence-corrected chi connectivity index (χ4v) is 2.88. The average Bonchev–Trinajstić information content (AvgIpc) is 2.95. The standard InChI is InChI=1S/C11H16N2O3S/c1-17-9-3-2-7(4-9)12-6-8-5-10(11(14)15)13-16-8/h5,7,9,12H,2-4,6H2,1H3,(H,14,15). The SMILES string of the molecule is CSC1CCC(NCc2cc(C(=O)O)no2)C1. The van der Waals surface area contributed by atoms with Crippen LogP contribution in [0.2, 0.25) is 0 Å². The highest BCUT2D eigenvalue weighted by Gasteiger charge is 2.23. The quantitative estimate of drug-likeness (QED) is 0.836. The molecule has 1 aromatic heterocycles. The fourth-order valence-electron chi connectivity index (χ4n) is 2.08. The molecule has 1 aliphatic rings. The van der Waals surface area contributed by atoms with Crippen molar-refractivity contribution in [1.29, 1.82) is 0 Å². The maximum atomic E-state index is 10.6. The molecule has 17 heavy (non-hydrogen) atoms. The molecule has 2 unspecified atom stereocenters. The molecule has 0 spiro atoms. The summed E-state index contributed by atoms with van der Waals surface area (Å²) in [5, 5.41) is 16.3. The Bertz CT molecular complexity index is 394. The zero-order valence-electron chi connectivity index (χ0n) is 9.68. The fraction of sp³-hybridized carbons (Fsp3) is 0.636. The molecule has 1 heterocycles. The van der Waals surface area contributed by atoms with Gasteiger partial charge in [-0.2, -0.15) is 11.8 Å². The van der Waals surface area contributed by atoms with Crippen LogP contribution in [0.1, 0.15) is 35.5 Å². The van der Waals surface area contributed by atoms with Gasteiger partial charge in [0.2, 0.25) is 0 Å². The van der Waals surface area contributed by atoms with Gasteiger partial charge in [0.25, 0.3) is 0 Å². The Morgan fingerprint density at radius 3 is 3.12 bits per heavy atom. The number of aromatic carboxylic acids is 1. The van der Waals surface area contributed by atoms with E-state index in [4.69, 9.17) is 9.63 Å². The predicted octanol–water partition coefficient (Wildman–Crippen LogP) is 1.75. The number of nitrogens with one attached hydrogen (secondary N) is 1. The van der Waals surface area contributed by atoms with Crippen molar-refractivity contribution in [1.82, 2.24) is 10.5 Å². The molecule has 1 saturated carbocycles. The third-order valence-corrected chi connectivity index (χ3v) is 4.16. The van der Waals surface area contributed by atoms with Gasteiger partial charge in [-0.3, -0.25) is 0 Å². The van der Waals surface area contributed by atoms with Gasteiger partial charge in [0.1, 0.15) is 0 Å². The first-order valence-electron chi connectivity index (χ1n) is 5.64. The number of carbonyl (C=O) groups is 1. The molecule has 0 radical (unpaired) electrons. The molecule has 0 saturated heterocycles. The highest BCUT2D eigenvalue weighted by Crippen LogP contribution is 2.28. The van der Waals surface area contributed by atoms with Gasteiger partial charge in [0.15, 0.2) is 11.5 Å². The molecule has 2 atom stereocenters. The van der Waals surface area contributed by atoms with Gasteiger partial charge >= 0.3 is 5.97 Å². The lowest BCUT2D eigenvalue weighted by atomic mass is 10.2. The Morgan fingerprint density at radius 1 is 1.71 bits per heavy atom. The predicted molar refractivity (Wildman–Crippen MR) is 65.2 cm³/mol. The van der Waals surface area contributed by atoms with Crippen molar-refractivity contribution in [2.75, 3.05) is 6.26 Å². The largest absolute Gasteiger partial charge is 0.476 e. The van der Waals surface area contributed by atoms with Crippen LogP contribution in [0.4, 0.5) is 0 Å². The van der Waals surface area contributed by atoms with E-state index in [-0.39, 0.29) is 5.69 Å². The van der Waals surface area contributed by atoms with Crippen LogP contribution in [0.5, 0.6) is 0 Å². The second-order valence-electron chi connectivity index (χ2n) is 4.23. The van der Waals surface area contributed by atoms with Crippen LogP contribution >= 0.6 is 11.8 Å². The van der Waals surface area contributed by atoms with E-state index in [0.717, 1.165) is 5.25 Å². The molecule has 6 heteroatoms. The van der Waals surface area contributed by atoms with Crippen molar-refractivity contribution in [2.45, 2.75) is 37.1 Å². The molecular formula is C11H16N2O3S. The molecule has 1 fully saturated rings. The first-order chi connectivity index (χ1) is 8.19. The molecule has 0 aliphatic heterocycles. The minimum atomic E-state index is -1.05. The third kappa shape index (κ3) is 3.23. The van der Waals surface area contributed by atoms with Gasteiger partial charge in [0.05, 0.1) is 6.54 Å². The van der Waals surface area contributed by atoms with E-state index in [9.17, 15) is 4.79 Å². The topological polar surface area (TPSA) is 75.4 Å². The smallest absolute Gasteiger partial charge is 0.358 e. The van der Waals surface area contributed by atoms with Crippen LogP contribution in [0.15, 0.2) is 10.6 Å². The molecular weight excluding hydrogens is 240 g/mol. The highest BCUT2D eigenvalue weighted by molar-refractivity contribution is 7.99. The minimum Gasteiger partial charge on any atom is -0.476 e. The molecule has 1 aliphatic carbocycles. The van der Waals surface area contributed by atoms with E-state index in [1.165, 1.54) is 25.3 Å². The summed E-state index contributed by atoms with van der Waals surface area (Å²) in [4.78, 5) is 10.6. The van der Waals surface area contributed by atoms with Crippen LogP contribution in [-0.2, 0) is 6.54 Å². The maximum absolute atomic E-state index is 10.6. The lowest BCUT2D eigenvalue weighted by Gasteiger charge is -2.10. The summed E-state index contributed by atoms with van der Waals surface area (Å²) in [6.45, 7) is 0.548. The second-order valence-corrected chi connectivity index (χ2v) is 5.37. The normalized spacial score (nSPS) is 24.1. The van der Waals surface area contributed by atoms with E-state index in [1.807, 2.05) is 11.8 Å². The van der Waals surface area contributed by atoms with Gasteiger partial charge in [-0.15, -0.1) is 0 Å². The van der Waals surface area contributed by atoms with E-state index >= 15 is 0 Å². The zero-order valence-corrected chi connectivity index (χ0v) is 10.5. The Hall–Kier alpha value is -1.01. The maximum Gasteiger partial charge on any atom is 0.358 e. The molecule has 0 amide bonds. The Kier molecular flexibility index (Phi) is 4.06. The summed E-state index contributed by atoms with van der Waals surface area (Å²) in [5.74, 6) is -0.474. The Labute approximate surface area is 104 Å². The van der Waals surface area contributed by atoms with Crippen molar-refractivity contribution in [2.24, 2.45) is 0 Å². The number of nitrogens with zero attached hydrogens (tertiary/aromatic N) is 1. The van der Waals surface area contributed by atoms with Crippen molar-refractivity contribution >= 4 is 17.7 Å². The molecule has 2 N–H and O–H groups in total. The Balaban J connectivity index is 1.80. The molecule has 0 bridgehead atoms. The molecule has 1 aromatic rings. The molecule has 94 valence electrons. The van der Waals surface area contributed by atoms with E-state index in [0.29, 0.717) is 18.3 Å². The molecule has 5 nitrogen and oxygen atoms in total. The third-order valence-electron chi connectivity index (χ3n) is 3.06. The number of carboxylic acid groups (broad SMARTS) is 1. The number of aromatic nitrogens is 1. The second kappa shape index (κ2) is 5.55. The van der Waals surface area contributed by atoms with Crippen molar-refractivity contribution in [3.8, 4) is 0 Å². The number of hydrogen-bond acceptors (Lipinski definition) is 5. The minimum absolute atomic E-state index is 0.0322. The average molecular weight is 256 g/mol. The van der Waals surface area contributed by atoms with Crippen molar-refractivity contribution in [3.63, 3.8) is 0 Å². The molecule has 0 aromatic carbocycles. The lowest BCUT2D eigenvalue weighted by Crippen LogP contribution is -2.25. The van der Waals surface area contributed by atoms with Crippen LogP contribution in [0.25, 0.3) is 0 Å². The number of carboxylic acids is 1. The van der Waals surface area contributed by atoms with Crippen LogP contribution in [0.3, 0.4) is 0 Å². The lowest BCUT2D eigenvalue weighted by molar-refractivity contribution is 0.0685. The van der Waals surface area contributed by atoms with Crippen LogP contribution < -0.4 is 5.32 Å². The number of rotatable bonds is 5. The van der Waals surface area contributed by atoms with E-state index in [1.54, 1.807) is 0 Å². The summed E-state index contributed by atoms with van der Waals surface area (Å²) < 4.78 is 4.94. The highest BCUT2D eigenvalue weighted by atomic mass is 32.2. The summed E-state index contributed by atoms with van der Waals surface area (Å²) in [7, 11) is 0. The number of hydrogen-bond donors (Lipinski definition) is 2. The first-order valence-corrected chi connectivity index (χ1v) is 6.93. The first kappa shape index (κ1) is 12.4. The van der Waals surface area contributed by atoms with Crippen molar-refractivity contribution in [3.05, 3.63) is 17.5 Å². The van der Waals surface area contributed by atoms with Gasteiger partial charge in [-0.25, -0.2) is 4.79 Å². The van der Waals surface area contributed by atoms with E-state index < -0.39 is 5.97 Å².